The molecule has 0 saturated carbocycles. The van der Waals surface area contributed by atoms with Crippen molar-refractivity contribution in [3.63, 3.8) is 0 Å². The monoisotopic (exact) mass is 949 g/mol. The molecule has 0 rings (SSSR count). The van der Waals surface area contributed by atoms with E-state index in [0.717, 1.165) is 44.9 Å². The number of allylic oxidation sites excluding steroid dienone is 7. The highest BCUT2D eigenvalue weighted by Gasteiger charge is 2.23. The average molecular weight is 949 g/mol. The Morgan fingerprint density at radius 1 is 0.515 bits per heavy atom. The molecule has 0 radical (unpaired) electrons. The molecule has 0 heterocycles. The van der Waals surface area contributed by atoms with Crippen LogP contribution in [0, 0.1) is 0 Å². The molecule has 0 saturated heterocycles. The predicted octanol–water partition coefficient (Wildman–Crippen LogP) is 16.1. The smallest absolute Gasteiger partial charge is 0.268 e. The van der Waals surface area contributed by atoms with Gasteiger partial charge >= 0.3 is 0 Å². The number of amides is 1. The van der Waals surface area contributed by atoms with Gasteiger partial charge < -0.3 is 28.8 Å². The number of unbranched alkanes of at least 4 members (excludes halogenated alkanes) is 32. The van der Waals surface area contributed by atoms with Gasteiger partial charge in [0.25, 0.3) is 7.82 Å². The standard InChI is InChI=1S/C57H109N2O6P/c1-6-8-10-12-14-16-18-20-22-24-26-28-29-31-32-34-36-38-40-42-44-46-48-50-56(60)55(54-65-66(62,63)64-53-52-59(3,4)5)58-57(61)51-49-47-45-43-41-39-37-35-33-30-27-25-23-21-19-17-15-13-11-9-7-2/h25,27,32,34,40,42,48,50,55-56,60H,6-24,26,28-31,33,35-39,41,43-47,49,51-54H2,1-5H3,(H-,58,61,62,63)/b27-25-,34-32+,42-40+,50-48+. The van der Waals surface area contributed by atoms with Crippen molar-refractivity contribution in [3.05, 3.63) is 48.6 Å². The molecule has 3 unspecified atom stereocenters. The number of likely N-dealkylation sites (N-methyl/N-ethyl adjacent to an activating group) is 1. The van der Waals surface area contributed by atoms with Gasteiger partial charge in [-0.3, -0.25) is 9.36 Å². The summed E-state index contributed by atoms with van der Waals surface area (Å²) >= 11 is 0. The second kappa shape index (κ2) is 48.5. The minimum atomic E-state index is -4.61. The maximum absolute atomic E-state index is 12.9. The molecule has 388 valence electrons. The van der Waals surface area contributed by atoms with E-state index in [-0.39, 0.29) is 12.5 Å². The van der Waals surface area contributed by atoms with Crippen molar-refractivity contribution in [2.45, 2.75) is 270 Å². The highest BCUT2D eigenvalue weighted by atomic mass is 31.2. The minimum absolute atomic E-state index is 0.00978. The van der Waals surface area contributed by atoms with E-state index in [9.17, 15) is 19.4 Å². The Morgan fingerprint density at radius 2 is 0.848 bits per heavy atom. The largest absolute Gasteiger partial charge is 0.756 e. The Kier molecular flexibility index (Phi) is 47.4. The molecule has 0 aliphatic carbocycles. The number of hydrogen-bond acceptors (Lipinski definition) is 6. The van der Waals surface area contributed by atoms with E-state index in [4.69, 9.17) is 9.05 Å². The second-order valence-electron chi connectivity index (χ2n) is 20.3. The van der Waals surface area contributed by atoms with Gasteiger partial charge in [-0.05, 0) is 70.6 Å². The van der Waals surface area contributed by atoms with Crippen molar-refractivity contribution in [2.75, 3.05) is 40.9 Å². The van der Waals surface area contributed by atoms with Gasteiger partial charge in [0.15, 0.2) is 0 Å². The van der Waals surface area contributed by atoms with Crippen LogP contribution >= 0.6 is 7.82 Å². The van der Waals surface area contributed by atoms with E-state index >= 15 is 0 Å². The Bertz CT molecular complexity index is 1210. The Hall–Kier alpha value is -1.54. The van der Waals surface area contributed by atoms with E-state index in [0.29, 0.717) is 17.4 Å². The molecule has 0 fully saturated rings. The third-order valence-electron chi connectivity index (χ3n) is 12.5. The van der Waals surface area contributed by atoms with Crippen LogP contribution in [0.4, 0.5) is 0 Å². The fraction of sp³-hybridized carbons (Fsp3) is 0.842. The molecular weight excluding hydrogens is 840 g/mol. The SMILES string of the molecule is CCCCCCCCCC/C=C\CCCCCCCCCCCC(=O)NC(COP(=O)([O-])OCC[N+](C)(C)C)C(O)/C=C/CC/C=C/CC/C=C/CCCCCCCCCCCCCCC. The van der Waals surface area contributed by atoms with Gasteiger partial charge in [-0.1, -0.05) is 229 Å². The number of hydrogen-bond donors (Lipinski definition) is 2. The Morgan fingerprint density at radius 3 is 1.23 bits per heavy atom. The summed E-state index contributed by atoms with van der Waals surface area (Å²) < 4.78 is 23.3. The highest BCUT2D eigenvalue weighted by Crippen LogP contribution is 2.38. The third-order valence-corrected chi connectivity index (χ3v) is 13.5. The van der Waals surface area contributed by atoms with Crippen molar-refractivity contribution >= 4 is 13.7 Å². The first kappa shape index (κ1) is 64.5. The molecule has 66 heavy (non-hydrogen) atoms. The summed E-state index contributed by atoms with van der Waals surface area (Å²) in [6.45, 7) is 4.64. The van der Waals surface area contributed by atoms with E-state index < -0.39 is 26.6 Å². The first-order valence-electron chi connectivity index (χ1n) is 28.0. The molecule has 1 amide bonds. The van der Waals surface area contributed by atoms with Gasteiger partial charge in [0.1, 0.15) is 13.2 Å². The lowest BCUT2D eigenvalue weighted by molar-refractivity contribution is -0.870. The van der Waals surface area contributed by atoms with Gasteiger partial charge in [-0.15, -0.1) is 0 Å². The first-order valence-corrected chi connectivity index (χ1v) is 29.5. The van der Waals surface area contributed by atoms with Crippen molar-refractivity contribution in [3.8, 4) is 0 Å². The molecule has 0 aromatic heterocycles. The maximum Gasteiger partial charge on any atom is 0.268 e. The van der Waals surface area contributed by atoms with Crippen molar-refractivity contribution in [1.29, 1.82) is 0 Å². The zero-order valence-corrected chi connectivity index (χ0v) is 45.0. The van der Waals surface area contributed by atoms with Crippen molar-refractivity contribution < 1.29 is 32.9 Å². The molecule has 0 aromatic rings. The Balaban J connectivity index is 4.32. The van der Waals surface area contributed by atoms with E-state index in [2.05, 4.69) is 55.6 Å². The number of nitrogens with zero attached hydrogens (tertiary/aromatic N) is 1. The number of phosphoric ester groups is 1. The summed E-state index contributed by atoms with van der Waals surface area (Å²) in [5.74, 6) is -0.212. The number of carbonyl (C=O) groups excluding carboxylic acids is 1. The number of aliphatic hydroxyl groups excluding tert-OH is 1. The quantitative estimate of drug-likeness (QED) is 0.0272. The lowest BCUT2D eigenvalue weighted by Gasteiger charge is -2.29. The molecule has 0 bridgehead atoms. The minimum Gasteiger partial charge on any atom is -0.756 e. The predicted molar refractivity (Wildman–Crippen MR) is 284 cm³/mol. The number of carbonyl (C=O) groups is 1. The maximum atomic E-state index is 12.9. The number of quaternary nitrogens is 1. The van der Waals surface area contributed by atoms with Gasteiger partial charge in [0.2, 0.25) is 5.91 Å². The molecule has 0 aromatic carbocycles. The van der Waals surface area contributed by atoms with Crippen LogP contribution in [-0.4, -0.2) is 68.5 Å². The normalized spacial score (nSPS) is 14.3. The van der Waals surface area contributed by atoms with Gasteiger partial charge in [0.05, 0.1) is 39.9 Å². The van der Waals surface area contributed by atoms with E-state index in [1.54, 1.807) is 6.08 Å². The number of aliphatic hydroxyl groups is 1. The number of rotatable bonds is 51. The van der Waals surface area contributed by atoms with Gasteiger partial charge in [0, 0.05) is 6.42 Å². The first-order chi connectivity index (χ1) is 32.0. The van der Waals surface area contributed by atoms with Crippen LogP contribution in [-0.2, 0) is 18.4 Å². The van der Waals surface area contributed by atoms with Crippen LogP contribution in [0.2, 0.25) is 0 Å². The van der Waals surface area contributed by atoms with Crippen LogP contribution in [0.3, 0.4) is 0 Å². The molecule has 0 spiro atoms. The zero-order chi connectivity index (χ0) is 48.5. The topological polar surface area (TPSA) is 108 Å². The molecular formula is C57H109N2O6P. The second-order valence-corrected chi connectivity index (χ2v) is 21.7. The lowest BCUT2D eigenvalue weighted by Crippen LogP contribution is -2.45. The fourth-order valence-corrected chi connectivity index (χ4v) is 8.79. The van der Waals surface area contributed by atoms with E-state index in [1.807, 2.05) is 27.2 Å². The van der Waals surface area contributed by atoms with Gasteiger partial charge in [-0.25, -0.2) is 0 Å². The lowest BCUT2D eigenvalue weighted by atomic mass is 10.0. The van der Waals surface area contributed by atoms with Crippen LogP contribution in [0.1, 0.15) is 258 Å². The van der Waals surface area contributed by atoms with Gasteiger partial charge in [-0.2, -0.15) is 0 Å². The summed E-state index contributed by atoms with van der Waals surface area (Å²) in [7, 11) is 1.24. The summed E-state index contributed by atoms with van der Waals surface area (Å²) in [6.07, 6.45) is 63.3. The molecule has 0 aliphatic heterocycles. The van der Waals surface area contributed by atoms with Crippen molar-refractivity contribution in [2.24, 2.45) is 0 Å². The average Bonchev–Trinajstić information content (AvgIpc) is 3.28. The fourth-order valence-electron chi connectivity index (χ4n) is 8.06. The molecule has 0 aliphatic rings. The van der Waals surface area contributed by atoms with E-state index in [1.165, 1.54) is 193 Å². The highest BCUT2D eigenvalue weighted by molar-refractivity contribution is 7.45. The summed E-state index contributed by atoms with van der Waals surface area (Å²) in [4.78, 5) is 25.5. The molecule has 9 heteroatoms. The summed E-state index contributed by atoms with van der Waals surface area (Å²) in [6, 6.07) is -0.912. The van der Waals surface area contributed by atoms with Crippen LogP contribution in [0.25, 0.3) is 0 Å². The van der Waals surface area contributed by atoms with Crippen molar-refractivity contribution in [1.82, 2.24) is 5.32 Å². The zero-order valence-electron chi connectivity index (χ0n) is 44.1. The summed E-state index contributed by atoms with van der Waals surface area (Å²) in [5.41, 5.74) is 0. The van der Waals surface area contributed by atoms with Crippen LogP contribution in [0.5, 0.6) is 0 Å². The number of phosphoric acid groups is 1. The molecule has 8 nitrogen and oxygen atoms in total. The molecule has 3 atom stereocenters. The van der Waals surface area contributed by atoms with Crippen LogP contribution < -0.4 is 10.2 Å². The van der Waals surface area contributed by atoms with Crippen LogP contribution in [0.15, 0.2) is 48.6 Å². The molecule has 2 N–H and O–H groups in total. The summed E-state index contributed by atoms with van der Waals surface area (Å²) in [5, 5.41) is 13.8. The third kappa shape index (κ3) is 50.3. The Labute approximate surface area is 409 Å². The number of nitrogens with one attached hydrogen (secondary N) is 1.